The van der Waals surface area contributed by atoms with Crippen molar-refractivity contribution < 1.29 is 0 Å². The fourth-order valence-corrected chi connectivity index (χ4v) is 4.06. The summed E-state index contributed by atoms with van der Waals surface area (Å²) in [5, 5.41) is 0.828. The second-order valence-corrected chi connectivity index (χ2v) is 7.05. The van der Waals surface area contributed by atoms with Crippen molar-refractivity contribution in [1.82, 2.24) is 0 Å². The zero-order valence-electron chi connectivity index (χ0n) is 10.7. The molecule has 0 spiro atoms. The largest absolute Gasteiger partial charge is 0.311 e. The average molecular weight is 298 g/mol. The molecular formula is C14H16ClNS2. The molecule has 2 aromatic rings. The van der Waals surface area contributed by atoms with Gasteiger partial charge in [-0.25, -0.2) is 0 Å². The number of rotatable bonds is 4. The Labute approximate surface area is 122 Å². The molecule has 1 aromatic carbocycles. The molecule has 0 bridgehead atoms. The zero-order valence-corrected chi connectivity index (χ0v) is 13.1. The molecule has 0 aliphatic heterocycles. The predicted octanol–water partition coefficient (Wildman–Crippen LogP) is 5.55. The fraction of sp³-hybridized carbons (Fsp3) is 0.286. The van der Waals surface area contributed by atoms with Crippen LogP contribution >= 0.6 is 34.9 Å². The van der Waals surface area contributed by atoms with E-state index in [-0.39, 0.29) is 0 Å². The number of hydrogen-bond acceptors (Lipinski definition) is 3. The smallest absolute Gasteiger partial charge is 0.0812 e. The second kappa shape index (κ2) is 6.00. The maximum absolute atomic E-state index is 6.19. The maximum Gasteiger partial charge on any atom is 0.0812 e. The number of aryl methyl sites for hydroxylation is 1. The Bertz CT molecular complexity index is 536. The van der Waals surface area contributed by atoms with Gasteiger partial charge in [-0.05, 0) is 62.5 Å². The van der Waals surface area contributed by atoms with Crippen molar-refractivity contribution in [2.45, 2.75) is 25.0 Å². The first-order valence-electron chi connectivity index (χ1n) is 5.89. The highest BCUT2D eigenvalue weighted by atomic mass is 35.5. The first-order valence-corrected chi connectivity index (χ1v) is 7.85. The van der Waals surface area contributed by atoms with E-state index in [4.69, 9.17) is 11.6 Å². The standard InChI is InChI=1S/C14H16ClNS2/c1-4-16(18-14-9-8-10(2)17-14)13-7-5-6-12(15)11(13)3/h5-9H,4H2,1-3H3. The average Bonchev–Trinajstić information content (AvgIpc) is 2.76. The normalized spacial score (nSPS) is 10.7. The number of benzene rings is 1. The van der Waals surface area contributed by atoms with Crippen LogP contribution in [0.2, 0.25) is 5.02 Å². The van der Waals surface area contributed by atoms with E-state index < -0.39 is 0 Å². The lowest BCUT2D eigenvalue weighted by atomic mass is 10.2. The molecule has 0 radical (unpaired) electrons. The lowest BCUT2D eigenvalue weighted by Crippen LogP contribution is -2.13. The molecule has 4 heteroatoms. The van der Waals surface area contributed by atoms with Crippen LogP contribution in [0.3, 0.4) is 0 Å². The van der Waals surface area contributed by atoms with Crippen molar-refractivity contribution in [3.05, 3.63) is 45.8 Å². The topological polar surface area (TPSA) is 3.24 Å². The number of nitrogens with zero attached hydrogens (tertiary/aromatic N) is 1. The summed E-state index contributed by atoms with van der Waals surface area (Å²) in [6.45, 7) is 7.31. The Balaban J connectivity index is 2.25. The Hall–Kier alpha value is -0.640. The van der Waals surface area contributed by atoms with Gasteiger partial charge in [0.25, 0.3) is 0 Å². The van der Waals surface area contributed by atoms with Gasteiger partial charge in [-0.2, -0.15) is 0 Å². The molecule has 1 nitrogen and oxygen atoms in total. The van der Waals surface area contributed by atoms with Gasteiger partial charge in [0.15, 0.2) is 0 Å². The van der Waals surface area contributed by atoms with Crippen LogP contribution in [0.4, 0.5) is 5.69 Å². The molecule has 0 atom stereocenters. The molecule has 0 aliphatic carbocycles. The fourth-order valence-electron chi connectivity index (χ4n) is 1.72. The summed E-state index contributed by atoms with van der Waals surface area (Å²) in [5.74, 6) is 0. The molecule has 0 saturated carbocycles. The third kappa shape index (κ3) is 3.02. The van der Waals surface area contributed by atoms with E-state index in [2.05, 4.69) is 43.3 Å². The summed E-state index contributed by atoms with van der Waals surface area (Å²) >= 11 is 9.79. The maximum atomic E-state index is 6.19. The number of anilines is 1. The molecule has 0 fully saturated rings. The molecule has 0 saturated heterocycles. The molecule has 0 aliphatic rings. The van der Waals surface area contributed by atoms with E-state index in [0.29, 0.717) is 0 Å². The molecule has 1 aromatic heterocycles. The first kappa shape index (κ1) is 13.8. The summed E-state index contributed by atoms with van der Waals surface area (Å²) < 4.78 is 3.60. The molecule has 0 amide bonds. The molecule has 2 rings (SSSR count). The van der Waals surface area contributed by atoms with Gasteiger partial charge in [0.1, 0.15) is 0 Å². The van der Waals surface area contributed by atoms with Gasteiger partial charge in [0.2, 0.25) is 0 Å². The summed E-state index contributed by atoms with van der Waals surface area (Å²) in [5.41, 5.74) is 2.34. The monoisotopic (exact) mass is 297 g/mol. The molecule has 1 heterocycles. The van der Waals surface area contributed by atoms with Crippen LogP contribution in [0, 0.1) is 13.8 Å². The summed E-state index contributed by atoms with van der Waals surface area (Å²) in [6.07, 6.45) is 0. The van der Waals surface area contributed by atoms with Crippen molar-refractivity contribution in [2.24, 2.45) is 0 Å². The second-order valence-electron chi connectivity index (χ2n) is 4.04. The first-order chi connectivity index (χ1) is 8.61. The molecule has 0 unspecified atom stereocenters. The number of halogens is 1. The van der Waals surface area contributed by atoms with Gasteiger partial charge in [0, 0.05) is 16.4 Å². The Morgan fingerprint density at radius 3 is 2.61 bits per heavy atom. The summed E-state index contributed by atoms with van der Waals surface area (Å²) in [6, 6.07) is 10.4. The van der Waals surface area contributed by atoms with Crippen molar-refractivity contribution in [3.63, 3.8) is 0 Å². The minimum atomic E-state index is 0.828. The summed E-state index contributed by atoms with van der Waals surface area (Å²) in [7, 11) is 0. The van der Waals surface area contributed by atoms with Crippen LogP contribution < -0.4 is 4.31 Å². The molecule has 0 N–H and O–H groups in total. The van der Waals surface area contributed by atoms with Gasteiger partial charge in [-0.3, -0.25) is 0 Å². The molecular weight excluding hydrogens is 282 g/mol. The third-order valence-corrected chi connectivity index (χ3v) is 5.38. The van der Waals surface area contributed by atoms with E-state index in [1.54, 1.807) is 11.9 Å². The van der Waals surface area contributed by atoms with Crippen molar-refractivity contribution in [2.75, 3.05) is 10.8 Å². The van der Waals surface area contributed by atoms with Crippen LogP contribution in [-0.2, 0) is 0 Å². The van der Waals surface area contributed by atoms with E-state index >= 15 is 0 Å². The molecule has 96 valence electrons. The van der Waals surface area contributed by atoms with Crippen molar-refractivity contribution >= 4 is 40.6 Å². The van der Waals surface area contributed by atoms with Crippen molar-refractivity contribution in [1.29, 1.82) is 0 Å². The van der Waals surface area contributed by atoms with Gasteiger partial charge in [-0.15, -0.1) is 11.3 Å². The van der Waals surface area contributed by atoms with Gasteiger partial charge in [-0.1, -0.05) is 17.7 Å². The van der Waals surface area contributed by atoms with E-state index in [9.17, 15) is 0 Å². The summed E-state index contributed by atoms with van der Waals surface area (Å²) in [4.78, 5) is 1.34. The number of thiophene rings is 1. The van der Waals surface area contributed by atoms with E-state index in [1.807, 2.05) is 23.5 Å². The Kier molecular flexibility index (Phi) is 4.60. The highest BCUT2D eigenvalue weighted by Crippen LogP contribution is 2.36. The van der Waals surface area contributed by atoms with E-state index in [0.717, 1.165) is 17.1 Å². The van der Waals surface area contributed by atoms with Crippen molar-refractivity contribution in [3.8, 4) is 0 Å². The lowest BCUT2D eigenvalue weighted by molar-refractivity contribution is 1.10. The third-order valence-electron chi connectivity index (χ3n) is 2.71. The highest BCUT2D eigenvalue weighted by Gasteiger charge is 2.12. The predicted molar refractivity (Wildman–Crippen MR) is 84.1 cm³/mol. The lowest BCUT2D eigenvalue weighted by Gasteiger charge is -2.23. The van der Waals surface area contributed by atoms with Gasteiger partial charge < -0.3 is 4.31 Å². The van der Waals surface area contributed by atoms with Crippen LogP contribution in [0.1, 0.15) is 17.4 Å². The Morgan fingerprint density at radius 2 is 2.00 bits per heavy atom. The highest BCUT2D eigenvalue weighted by molar-refractivity contribution is 8.02. The minimum absolute atomic E-state index is 0.828. The Morgan fingerprint density at radius 1 is 1.22 bits per heavy atom. The molecule has 18 heavy (non-hydrogen) atoms. The quantitative estimate of drug-likeness (QED) is 0.680. The SMILES string of the molecule is CCN(Sc1ccc(C)s1)c1cccc(Cl)c1C. The minimum Gasteiger partial charge on any atom is -0.311 e. The zero-order chi connectivity index (χ0) is 13.1. The van der Waals surface area contributed by atoms with Gasteiger partial charge in [0.05, 0.1) is 9.90 Å². The van der Waals surface area contributed by atoms with Crippen LogP contribution in [0.25, 0.3) is 0 Å². The van der Waals surface area contributed by atoms with Crippen LogP contribution in [0.5, 0.6) is 0 Å². The van der Waals surface area contributed by atoms with Crippen LogP contribution in [-0.4, -0.2) is 6.54 Å². The number of hydrogen-bond donors (Lipinski definition) is 0. The van der Waals surface area contributed by atoms with Gasteiger partial charge >= 0.3 is 0 Å². The van der Waals surface area contributed by atoms with Crippen LogP contribution in [0.15, 0.2) is 34.5 Å². The van der Waals surface area contributed by atoms with E-state index in [1.165, 1.54) is 14.8 Å².